The van der Waals surface area contributed by atoms with Crippen molar-refractivity contribution in [1.29, 1.82) is 0 Å². The van der Waals surface area contributed by atoms with Crippen LogP contribution in [0.5, 0.6) is 0 Å². The van der Waals surface area contributed by atoms with Crippen molar-refractivity contribution in [2.24, 2.45) is 5.92 Å². The molecule has 0 saturated carbocycles. The van der Waals surface area contributed by atoms with Gasteiger partial charge in [0.25, 0.3) is 0 Å². The molecule has 0 N–H and O–H groups in total. The maximum absolute atomic E-state index is 2.46. The van der Waals surface area contributed by atoms with E-state index in [2.05, 4.69) is 115 Å². The highest BCUT2D eigenvalue weighted by Crippen LogP contribution is 2.49. The highest BCUT2D eigenvalue weighted by molar-refractivity contribution is 8.00. The first-order chi connectivity index (χ1) is 13.8. The van der Waals surface area contributed by atoms with Crippen LogP contribution < -0.4 is 0 Å². The fourth-order valence-corrected chi connectivity index (χ4v) is 5.97. The molecule has 1 aliphatic rings. The molecule has 0 radical (unpaired) electrons. The molecule has 4 rings (SSSR count). The first kappa shape index (κ1) is 19.3. The first-order valence-electron chi connectivity index (χ1n) is 10.3. The predicted molar refractivity (Wildman–Crippen MR) is 122 cm³/mol. The summed E-state index contributed by atoms with van der Waals surface area (Å²) in [4.78, 5) is 2.46. The number of hydrogen-bond donors (Lipinski definition) is 0. The SMILES string of the molecule is CN1CCC(CSC(c2ccccc2)(c2ccccc2)c2ccccc2)CC1. The average molecular weight is 388 g/mol. The third-order valence-electron chi connectivity index (χ3n) is 5.91. The van der Waals surface area contributed by atoms with E-state index in [1.165, 1.54) is 48.4 Å². The van der Waals surface area contributed by atoms with Gasteiger partial charge in [-0.05, 0) is 61.3 Å². The van der Waals surface area contributed by atoms with Crippen molar-refractivity contribution in [3.05, 3.63) is 108 Å². The second kappa shape index (κ2) is 8.98. The summed E-state index contributed by atoms with van der Waals surface area (Å²) in [6.07, 6.45) is 2.61. The first-order valence-corrected chi connectivity index (χ1v) is 11.3. The van der Waals surface area contributed by atoms with Gasteiger partial charge in [0.05, 0.1) is 4.75 Å². The lowest BCUT2D eigenvalue weighted by molar-refractivity contribution is 0.232. The molecule has 28 heavy (non-hydrogen) atoms. The molecule has 0 amide bonds. The van der Waals surface area contributed by atoms with Gasteiger partial charge in [-0.2, -0.15) is 0 Å². The van der Waals surface area contributed by atoms with Crippen LogP contribution in [0.15, 0.2) is 91.0 Å². The summed E-state index contributed by atoms with van der Waals surface area (Å²) in [6, 6.07) is 33.1. The molecule has 0 unspecified atom stereocenters. The maximum atomic E-state index is 2.46. The summed E-state index contributed by atoms with van der Waals surface area (Å²) in [5, 5.41) is 0. The quantitative estimate of drug-likeness (QED) is 0.473. The van der Waals surface area contributed by atoms with E-state index in [0.29, 0.717) is 0 Å². The largest absolute Gasteiger partial charge is 0.306 e. The van der Waals surface area contributed by atoms with E-state index in [1.807, 2.05) is 0 Å². The topological polar surface area (TPSA) is 3.24 Å². The lowest BCUT2D eigenvalue weighted by Gasteiger charge is -2.37. The monoisotopic (exact) mass is 387 g/mol. The molecule has 1 nitrogen and oxygen atoms in total. The van der Waals surface area contributed by atoms with Gasteiger partial charge in [0.1, 0.15) is 0 Å². The number of benzene rings is 3. The third kappa shape index (κ3) is 4.04. The highest BCUT2D eigenvalue weighted by Gasteiger charge is 2.37. The van der Waals surface area contributed by atoms with Crippen molar-refractivity contribution in [3.63, 3.8) is 0 Å². The van der Waals surface area contributed by atoms with Crippen LogP contribution in [0.4, 0.5) is 0 Å². The minimum absolute atomic E-state index is 0.173. The van der Waals surface area contributed by atoms with E-state index in [1.54, 1.807) is 0 Å². The zero-order chi connectivity index (χ0) is 19.2. The van der Waals surface area contributed by atoms with Gasteiger partial charge in [-0.15, -0.1) is 11.8 Å². The lowest BCUT2D eigenvalue weighted by Crippen LogP contribution is -2.33. The van der Waals surface area contributed by atoms with Crippen molar-refractivity contribution in [2.75, 3.05) is 25.9 Å². The van der Waals surface area contributed by atoms with E-state index < -0.39 is 0 Å². The molecule has 3 aromatic carbocycles. The number of nitrogens with zero attached hydrogens (tertiary/aromatic N) is 1. The Morgan fingerprint density at radius 3 is 1.50 bits per heavy atom. The molecular weight excluding hydrogens is 358 g/mol. The summed E-state index contributed by atoms with van der Waals surface area (Å²) in [6.45, 7) is 2.44. The van der Waals surface area contributed by atoms with Crippen LogP contribution >= 0.6 is 11.8 Å². The summed E-state index contributed by atoms with van der Waals surface area (Å²) in [5.74, 6) is 1.98. The molecule has 1 heterocycles. The van der Waals surface area contributed by atoms with Gasteiger partial charge in [0, 0.05) is 0 Å². The third-order valence-corrected chi connectivity index (χ3v) is 7.69. The zero-order valence-corrected chi connectivity index (χ0v) is 17.4. The number of piperidine rings is 1. The lowest BCUT2D eigenvalue weighted by atomic mass is 9.84. The Labute approximate surface area is 173 Å². The second-order valence-electron chi connectivity index (χ2n) is 7.84. The minimum atomic E-state index is -0.173. The van der Waals surface area contributed by atoms with Crippen LogP contribution in [0.25, 0.3) is 0 Å². The molecule has 3 aromatic rings. The molecule has 0 aromatic heterocycles. The normalized spacial score (nSPS) is 16.2. The smallest absolute Gasteiger partial charge is 0.0907 e. The summed E-state index contributed by atoms with van der Waals surface area (Å²) >= 11 is 2.12. The Morgan fingerprint density at radius 2 is 1.11 bits per heavy atom. The molecule has 1 aliphatic heterocycles. The van der Waals surface area contributed by atoms with Gasteiger partial charge in [-0.1, -0.05) is 91.0 Å². The van der Waals surface area contributed by atoms with Gasteiger partial charge < -0.3 is 4.90 Å². The Bertz CT molecular complexity index is 743. The molecule has 0 spiro atoms. The molecule has 1 fully saturated rings. The average Bonchev–Trinajstić information content (AvgIpc) is 2.78. The molecule has 2 heteroatoms. The number of likely N-dealkylation sites (tertiary alicyclic amines) is 1. The van der Waals surface area contributed by atoms with E-state index in [9.17, 15) is 0 Å². The van der Waals surface area contributed by atoms with Crippen LogP contribution in [0, 0.1) is 5.92 Å². The van der Waals surface area contributed by atoms with Crippen LogP contribution in [-0.4, -0.2) is 30.8 Å². The summed E-state index contributed by atoms with van der Waals surface area (Å²) < 4.78 is -0.173. The van der Waals surface area contributed by atoms with Crippen molar-refractivity contribution < 1.29 is 0 Å². The zero-order valence-electron chi connectivity index (χ0n) is 16.6. The highest BCUT2D eigenvalue weighted by atomic mass is 32.2. The Kier molecular flexibility index (Phi) is 6.19. The standard InChI is InChI=1S/C26H29NS/c1-27-19-17-22(18-20-27)21-28-26(23-11-5-2-6-12-23,24-13-7-3-8-14-24)25-15-9-4-10-16-25/h2-16,22H,17-21H2,1H3. The molecule has 144 valence electrons. The Balaban J connectivity index is 1.77. The Hall–Kier alpha value is -2.03. The second-order valence-corrected chi connectivity index (χ2v) is 9.07. The summed E-state index contributed by atoms with van der Waals surface area (Å²) in [7, 11) is 2.24. The fraction of sp³-hybridized carbons (Fsp3) is 0.308. The van der Waals surface area contributed by atoms with Gasteiger partial charge in [-0.3, -0.25) is 0 Å². The van der Waals surface area contributed by atoms with Crippen LogP contribution in [-0.2, 0) is 4.75 Å². The van der Waals surface area contributed by atoms with Gasteiger partial charge in [-0.25, -0.2) is 0 Å². The molecule has 0 aliphatic carbocycles. The van der Waals surface area contributed by atoms with Crippen molar-refractivity contribution >= 4 is 11.8 Å². The predicted octanol–water partition coefficient (Wildman–Crippen LogP) is 6.05. The van der Waals surface area contributed by atoms with Gasteiger partial charge in [0.15, 0.2) is 0 Å². The van der Waals surface area contributed by atoms with Gasteiger partial charge >= 0.3 is 0 Å². The van der Waals surface area contributed by atoms with E-state index in [4.69, 9.17) is 0 Å². The van der Waals surface area contributed by atoms with Crippen molar-refractivity contribution in [2.45, 2.75) is 17.6 Å². The van der Waals surface area contributed by atoms with Crippen molar-refractivity contribution in [1.82, 2.24) is 4.90 Å². The molecule has 1 saturated heterocycles. The molecule has 0 atom stereocenters. The minimum Gasteiger partial charge on any atom is -0.306 e. The number of rotatable bonds is 6. The van der Waals surface area contributed by atoms with E-state index in [-0.39, 0.29) is 4.75 Å². The maximum Gasteiger partial charge on any atom is 0.0907 e. The fourth-order valence-electron chi connectivity index (χ4n) is 4.24. The van der Waals surface area contributed by atoms with Crippen LogP contribution in [0.1, 0.15) is 29.5 Å². The van der Waals surface area contributed by atoms with Crippen LogP contribution in [0.2, 0.25) is 0 Å². The summed E-state index contributed by atoms with van der Waals surface area (Å²) in [5.41, 5.74) is 4.10. The molecular formula is C26H29NS. The number of thioether (sulfide) groups is 1. The number of hydrogen-bond acceptors (Lipinski definition) is 2. The van der Waals surface area contributed by atoms with Crippen molar-refractivity contribution in [3.8, 4) is 0 Å². The van der Waals surface area contributed by atoms with Crippen LogP contribution in [0.3, 0.4) is 0 Å². The van der Waals surface area contributed by atoms with E-state index >= 15 is 0 Å². The van der Waals surface area contributed by atoms with Gasteiger partial charge in [0.2, 0.25) is 0 Å². The Morgan fingerprint density at radius 1 is 0.714 bits per heavy atom. The van der Waals surface area contributed by atoms with E-state index in [0.717, 1.165) is 5.92 Å². The molecule has 0 bridgehead atoms.